The van der Waals surface area contributed by atoms with E-state index in [2.05, 4.69) is 4.90 Å². The maximum Gasteiger partial charge on any atom is 0.0710 e. The van der Waals surface area contributed by atoms with Gasteiger partial charge in [-0.05, 0) is 38.5 Å². The van der Waals surface area contributed by atoms with E-state index in [-0.39, 0.29) is 5.60 Å². The number of ether oxygens (including phenoxy) is 2. The van der Waals surface area contributed by atoms with Gasteiger partial charge in [-0.2, -0.15) is 0 Å². The average molecular weight is 296 g/mol. The minimum absolute atomic E-state index is 0.269. The van der Waals surface area contributed by atoms with Crippen molar-refractivity contribution in [2.75, 3.05) is 32.8 Å². The van der Waals surface area contributed by atoms with Crippen LogP contribution >= 0.6 is 0 Å². The minimum atomic E-state index is 0.269. The SMILES string of the molecule is NCCOC1CCN(CC2CCC3(CCCCC3)O2)CC1. The number of piperidine rings is 1. The molecule has 2 aliphatic heterocycles. The zero-order chi connectivity index (χ0) is 14.5. The molecule has 1 unspecified atom stereocenters. The molecule has 3 aliphatic rings. The zero-order valence-corrected chi connectivity index (χ0v) is 13.4. The standard InChI is InChI=1S/C17H32N2O2/c18-10-13-20-15-5-11-19(12-6-15)14-16-4-9-17(21-16)7-2-1-3-8-17/h15-16H,1-14,18H2. The summed E-state index contributed by atoms with van der Waals surface area (Å²) in [5, 5.41) is 0. The second-order valence-electron chi connectivity index (χ2n) is 7.18. The molecular weight excluding hydrogens is 264 g/mol. The molecule has 1 atom stereocenters. The molecule has 21 heavy (non-hydrogen) atoms. The normalized spacial score (nSPS) is 31.0. The lowest BCUT2D eigenvalue weighted by Gasteiger charge is -2.36. The summed E-state index contributed by atoms with van der Waals surface area (Å²) in [7, 11) is 0. The van der Waals surface area contributed by atoms with Crippen molar-refractivity contribution in [3.05, 3.63) is 0 Å². The van der Waals surface area contributed by atoms with Crippen molar-refractivity contribution >= 4 is 0 Å². The van der Waals surface area contributed by atoms with Gasteiger partial charge in [-0.25, -0.2) is 0 Å². The van der Waals surface area contributed by atoms with E-state index in [0.717, 1.165) is 32.5 Å². The number of hydrogen-bond acceptors (Lipinski definition) is 4. The lowest BCUT2D eigenvalue weighted by atomic mass is 9.83. The quantitative estimate of drug-likeness (QED) is 0.846. The molecule has 0 bridgehead atoms. The number of nitrogens with zero attached hydrogens (tertiary/aromatic N) is 1. The molecule has 1 aliphatic carbocycles. The van der Waals surface area contributed by atoms with E-state index < -0.39 is 0 Å². The van der Waals surface area contributed by atoms with Gasteiger partial charge in [0.05, 0.1) is 24.4 Å². The second kappa shape index (κ2) is 7.40. The second-order valence-corrected chi connectivity index (χ2v) is 7.18. The molecule has 3 rings (SSSR count). The van der Waals surface area contributed by atoms with E-state index in [1.165, 1.54) is 44.9 Å². The van der Waals surface area contributed by atoms with Crippen LogP contribution in [0.1, 0.15) is 57.8 Å². The summed E-state index contributed by atoms with van der Waals surface area (Å²) in [5.74, 6) is 0. The average Bonchev–Trinajstić information content (AvgIpc) is 2.89. The number of rotatable bonds is 5. The van der Waals surface area contributed by atoms with Gasteiger partial charge < -0.3 is 20.1 Å². The first-order valence-electron chi connectivity index (χ1n) is 9.01. The van der Waals surface area contributed by atoms with E-state index in [9.17, 15) is 0 Å². The first-order valence-corrected chi connectivity index (χ1v) is 9.01. The predicted molar refractivity (Wildman–Crippen MR) is 84.4 cm³/mol. The van der Waals surface area contributed by atoms with E-state index >= 15 is 0 Å². The van der Waals surface area contributed by atoms with Crippen LogP contribution < -0.4 is 5.73 Å². The van der Waals surface area contributed by atoms with Crippen molar-refractivity contribution < 1.29 is 9.47 Å². The third-order valence-electron chi connectivity index (χ3n) is 5.57. The monoisotopic (exact) mass is 296 g/mol. The summed E-state index contributed by atoms with van der Waals surface area (Å²) in [6.07, 6.45) is 12.5. The Bertz CT molecular complexity index is 310. The summed E-state index contributed by atoms with van der Waals surface area (Å²) in [5.41, 5.74) is 5.77. The number of nitrogens with two attached hydrogens (primary N) is 1. The maximum absolute atomic E-state index is 6.49. The molecule has 1 spiro atoms. The van der Waals surface area contributed by atoms with Crippen LogP contribution in [0, 0.1) is 0 Å². The molecular formula is C17H32N2O2. The summed E-state index contributed by atoms with van der Waals surface area (Å²) in [6, 6.07) is 0. The molecule has 3 fully saturated rings. The van der Waals surface area contributed by atoms with Crippen LogP contribution in [0.5, 0.6) is 0 Å². The highest BCUT2D eigenvalue weighted by atomic mass is 16.5. The predicted octanol–water partition coefficient (Wildman–Crippen LogP) is 2.31. The highest BCUT2D eigenvalue weighted by Gasteiger charge is 2.41. The van der Waals surface area contributed by atoms with Gasteiger partial charge in [0, 0.05) is 26.2 Å². The van der Waals surface area contributed by atoms with Crippen molar-refractivity contribution in [3.8, 4) is 0 Å². The molecule has 2 saturated heterocycles. The molecule has 4 nitrogen and oxygen atoms in total. The number of hydrogen-bond donors (Lipinski definition) is 1. The first-order chi connectivity index (χ1) is 10.3. The highest BCUT2D eigenvalue weighted by molar-refractivity contribution is 4.92. The van der Waals surface area contributed by atoms with Gasteiger partial charge in [-0.15, -0.1) is 0 Å². The Morgan fingerprint density at radius 2 is 1.81 bits per heavy atom. The largest absolute Gasteiger partial charge is 0.377 e. The molecule has 122 valence electrons. The Hall–Kier alpha value is -0.160. The topological polar surface area (TPSA) is 47.7 Å². The first kappa shape index (κ1) is 15.7. The van der Waals surface area contributed by atoms with Crippen LogP contribution in [0.2, 0.25) is 0 Å². The van der Waals surface area contributed by atoms with Gasteiger partial charge in [0.15, 0.2) is 0 Å². The van der Waals surface area contributed by atoms with Crippen molar-refractivity contribution in [1.29, 1.82) is 0 Å². The van der Waals surface area contributed by atoms with Crippen LogP contribution in [0.4, 0.5) is 0 Å². The Morgan fingerprint density at radius 3 is 2.52 bits per heavy atom. The van der Waals surface area contributed by atoms with Gasteiger partial charge in [-0.3, -0.25) is 0 Å². The molecule has 0 amide bonds. The van der Waals surface area contributed by atoms with Gasteiger partial charge in [0.2, 0.25) is 0 Å². The smallest absolute Gasteiger partial charge is 0.0710 e. The van der Waals surface area contributed by atoms with E-state index in [1.807, 2.05) is 0 Å². The van der Waals surface area contributed by atoms with Gasteiger partial charge in [-0.1, -0.05) is 19.3 Å². The maximum atomic E-state index is 6.49. The Balaban J connectivity index is 1.38. The van der Waals surface area contributed by atoms with Crippen molar-refractivity contribution in [3.63, 3.8) is 0 Å². The van der Waals surface area contributed by atoms with Gasteiger partial charge in [0.1, 0.15) is 0 Å². The Morgan fingerprint density at radius 1 is 1.05 bits per heavy atom. The van der Waals surface area contributed by atoms with E-state index in [0.29, 0.717) is 25.4 Å². The zero-order valence-electron chi connectivity index (χ0n) is 13.4. The molecule has 4 heteroatoms. The fourth-order valence-electron chi connectivity index (χ4n) is 4.37. The minimum Gasteiger partial charge on any atom is -0.377 e. The molecule has 0 aromatic rings. The van der Waals surface area contributed by atoms with E-state index in [4.69, 9.17) is 15.2 Å². The van der Waals surface area contributed by atoms with Crippen LogP contribution in [-0.4, -0.2) is 55.5 Å². The highest BCUT2D eigenvalue weighted by Crippen LogP contribution is 2.42. The Kier molecular flexibility index (Phi) is 5.54. The number of likely N-dealkylation sites (tertiary alicyclic amines) is 1. The third-order valence-corrected chi connectivity index (χ3v) is 5.57. The third kappa shape index (κ3) is 4.19. The van der Waals surface area contributed by atoms with Crippen molar-refractivity contribution in [2.45, 2.75) is 75.6 Å². The molecule has 2 heterocycles. The van der Waals surface area contributed by atoms with Gasteiger partial charge in [0.25, 0.3) is 0 Å². The van der Waals surface area contributed by atoms with E-state index in [1.54, 1.807) is 0 Å². The van der Waals surface area contributed by atoms with Gasteiger partial charge >= 0.3 is 0 Å². The fourth-order valence-corrected chi connectivity index (χ4v) is 4.37. The molecule has 0 aromatic heterocycles. The fraction of sp³-hybridized carbons (Fsp3) is 1.00. The summed E-state index contributed by atoms with van der Waals surface area (Å²) < 4.78 is 12.3. The summed E-state index contributed by atoms with van der Waals surface area (Å²) in [6.45, 7) is 4.78. The van der Waals surface area contributed by atoms with Crippen LogP contribution in [0.15, 0.2) is 0 Å². The molecule has 1 saturated carbocycles. The summed E-state index contributed by atoms with van der Waals surface area (Å²) >= 11 is 0. The molecule has 0 aromatic carbocycles. The lowest BCUT2D eigenvalue weighted by Crippen LogP contribution is -2.42. The van der Waals surface area contributed by atoms with Crippen molar-refractivity contribution in [1.82, 2.24) is 4.90 Å². The lowest BCUT2D eigenvalue weighted by molar-refractivity contribution is -0.0768. The van der Waals surface area contributed by atoms with Crippen molar-refractivity contribution in [2.24, 2.45) is 5.73 Å². The molecule has 2 N–H and O–H groups in total. The summed E-state index contributed by atoms with van der Waals surface area (Å²) in [4.78, 5) is 2.58. The van der Waals surface area contributed by atoms with Crippen LogP contribution in [-0.2, 0) is 9.47 Å². The van der Waals surface area contributed by atoms with Crippen LogP contribution in [0.3, 0.4) is 0 Å². The Labute approximate surface area is 129 Å². The van der Waals surface area contributed by atoms with Crippen LogP contribution in [0.25, 0.3) is 0 Å². The molecule has 0 radical (unpaired) electrons.